The Hall–Kier alpha value is -3.71. The molecule has 0 aliphatic carbocycles. The van der Waals surface area contributed by atoms with Crippen molar-refractivity contribution in [3.05, 3.63) is 96.3 Å². The van der Waals surface area contributed by atoms with Gasteiger partial charge in [-0.3, -0.25) is 10.1 Å². The third-order valence-electron chi connectivity index (χ3n) is 4.71. The molecule has 1 aromatic heterocycles. The number of hydrogen-bond donors (Lipinski definition) is 2. The Morgan fingerprint density at radius 2 is 1.71 bits per heavy atom. The molecule has 0 bridgehead atoms. The van der Waals surface area contributed by atoms with Crippen LogP contribution in [-0.4, -0.2) is 11.9 Å². The predicted molar refractivity (Wildman–Crippen MR) is 122 cm³/mol. The second kappa shape index (κ2) is 8.97. The number of nitrogens with one attached hydrogen (secondary N) is 1. The first-order chi connectivity index (χ1) is 15.0. The molecule has 31 heavy (non-hydrogen) atoms. The topological polar surface area (TPSA) is 71.8 Å². The van der Waals surface area contributed by atoms with Crippen LogP contribution in [0.2, 0.25) is 0 Å². The number of nitrogens with zero attached hydrogens (tertiary/aromatic N) is 1. The SMILES string of the molecule is C[C@H](Oc1cccc(N(S)C(=O)NC(=O)c2cc3ccccc3o2)c1)c1ccccc1. The summed E-state index contributed by atoms with van der Waals surface area (Å²) >= 11 is 4.24. The van der Waals surface area contributed by atoms with Crippen LogP contribution in [0.4, 0.5) is 10.5 Å². The Balaban J connectivity index is 1.43. The number of fused-ring (bicyclic) bond motifs is 1. The van der Waals surface area contributed by atoms with Crippen LogP contribution in [0.5, 0.6) is 5.75 Å². The zero-order chi connectivity index (χ0) is 21.8. The number of rotatable bonds is 5. The van der Waals surface area contributed by atoms with Gasteiger partial charge in [0, 0.05) is 11.5 Å². The number of amides is 3. The molecule has 0 spiro atoms. The fourth-order valence-corrected chi connectivity index (χ4v) is 3.28. The predicted octanol–water partition coefficient (Wildman–Crippen LogP) is 5.77. The van der Waals surface area contributed by atoms with Gasteiger partial charge in [-0.1, -0.05) is 67.4 Å². The Kier molecular flexibility index (Phi) is 5.95. The molecule has 4 rings (SSSR count). The van der Waals surface area contributed by atoms with Crippen molar-refractivity contribution in [2.45, 2.75) is 13.0 Å². The van der Waals surface area contributed by atoms with E-state index in [0.717, 1.165) is 15.3 Å². The van der Waals surface area contributed by atoms with Crippen molar-refractivity contribution in [3.8, 4) is 5.75 Å². The minimum atomic E-state index is -0.706. The standard InChI is InChI=1S/C24H20N2O4S/c1-16(17-8-3-2-4-9-17)29-20-12-7-11-19(15-20)26(31)24(28)25-23(27)22-14-18-10-5-6-13-21(18)30-22/h2-16,31H,1H3,(H,25,27,28)/t16-/m0/s1. The maximum atomic E-state index is 12.5. The van der Waals surface area contributed by atoms with E-state index in [9.17, 15) is 9.59 Å². The molecule has 3 aromatic carbocycles. The Labute approximate surface area is 185 Å². The van der Waals surface area contributed by atoms with E-state index in [1.807, 2.05) is 55.5 Å². The molecular formula is C24H20N2O4S. The van der Waals surface area contributed by atoms with Gasteiger partial charge in [0.05, 0.1) is 5.69 Å². The average molecular weight is 433 g/mol. The number of para-hydroxylation sites is 1. The van der Waals surface area contributed by atoms with E-state index in [1.54, 1.807) is 36.4 Å². The van der Waals surface area contributed by atoms with E-state index in [4.69, 9.17) is 9.15 Å². The van der Waals surface area contributed by atoms with Gasteiger partial charge in [0.1, 0.15) is 17.4 Å². The number of hydrogen-bond acceptors (Lipinski definition) is 5. The van der Waals surface area contributed by atoms with Gasteiger partial charge in [-0.15, -0.1) is 0 Å². The normalized spacial score (nSPS) is 11.7. The molecule has 0 aliphatic heterocycles. The maximum absolute atomic E-state index is 12.5. The molecule has 156 valence electrons. The lowest BCUT2D eigenvalue weighted by molar-refractivity contribution is 0.0941. The highest BCUT2D eigenvalue weighted by Gasteiger charge is 2.20. The molecule has 0 radical (unpaired) electrons. The molecule has 1 atom stereocenters. The third-order valence-corrected chi connectivity index (χ3v) is 5.12. The van der Waals surface area contributed by atoms with E-state index in [1.165, 1.54) is 0 Å². The molecule has 1 heterocycles. The van der Waals surface area contributed by atoms with Crippen LogP contribution < -0.4 is 14.4 Å². The number of carbonyl (C=O) groups excluding carboxylic acids is 2. The number of thiol groups is 1. The molecule has 6 nitrogen and oxygen atoms in total. The van der Waals surface area contributed by atoms with Crippen molar-refractivity contribution in [1.29, 1.82) is 0 Å². The molecule has 3 amide bonds. The van der Waals surface area contributed by atoms with Crippen molar-refractivity contribution in [1.82, 2.24) is 5.32 Å². The molecule has 4 aromatic rings. The lowest BCUT2D eigenvalue weighted by Gasteiger charge is -2.19. The maximum Gasteiger partial charge on any atom is 0.338 e. The summed E-state index contributed by atoms with van der Waals surface area (Å²) < 4.78 is 12.5. The second-order valence-corrected chi connectivity index (χ2v) is 7.29. The zero-order valence-electron chi connectivity index (χ0n) is 16.7. The Morgan fingerprint density at radius 1 is 0.968 bits per heavy atom. The summed E-state index contributed by atoms with van der Waals surface area (Å²) in [4.78, 5) is 25.0. The van der Waals surface area contributed by atoms with E-state index in [0.29, 0.717) is 17.0 Å². The Morgan fingerprint density at radius 3 is 2.48 bits per heavy atom. The first-order valence-corrected chi connectivity index (χ1v) is 10.1. The number of urea groups is 1. The van der Waals surface area contributed by atoms with Crippen LogP contribution in [-0.2, 0) is 0 Å². The van der Waals surface area contributed by atoms with Crippen molar-refractivity contribution < 1.29 is 18.7 Å². The molecule has 0 unspecified atom stereocenters. The largest absolute Gasteiger partial charge is 0.486 e. The van der Waals surface area contributed by atoms with Crippen LogP contribution in [0, 0.1) is 0 Å². The molecule has 0 aliphatic rings. The summed E-state index contributed by atoms with van der Waals surface area (Å²) in [6, 6.07) is 24.8. The molecule has 0 fully saturated rings. The zero-order valence-corrected chi connectivity index (χ0v) is 17.6. The molecular weight excluding hydrogens is 412 g/mol. The van der Waals surface area contributed by atoms with Crippen LogP contribution in [0.1, 0.15) is 29.1 Å². The van der Waals surface area contributed by atoms with Gasteiger partial charge in [-0.2, -0.15) is 0 Å². The van der Waals surface area contributed by atoms with Gasteiger partial charge in [-0.05, 0) is 36.8 Å². The minimum Gasteiger partial charge on any atom is -0.486 e. The first-order valence-electron chi connectivity index (χ1n) is 9.66. The molecule has 0 saturated carbocycles. The third kappa shape index (κ3) is 4.73. The van der Waals surface area contributed by atoms with Gasteiger partial charge in [-0.25, -0.2) is 9.10 Å². The van der Waals surface area contributed by atoms with Crippen molar-refractivity contribution in [3.63, 3.8) is 0 Å². The van der Waals surface area contributed by atoms with Gasteiger partial charge < -0.3 is 9.15 Å². The smallest absolute Gasteiger partial charge is 0.338 e. The summed E-state index contributed by atoms with van der Waals surface area (Å²) in [6.07, 6.45) is -0.173. The van der Waals surface area contributed by atoms with Gasteiger partial charge in [0.15, 0.2) is 5.76 Å². The first kappa shape index (κ1) is 20.6. The monoisotopic (exact) mass is 432 g/mol. The number of anilines is 1. The molecule has 7 heteroatoms. The highest BCUT2D eigenvalue weighted by Crippen LogP contribution is 2.27. The fourth-order valence-electron chi connectivity index (χ4n) is 3.11. The number of benzene rings is 3. The van der Waals surface area contributed by atoms with E-state index < -0.39 is 11.9 Å². The second-order valence-electron chi connectivity index (χ2n) is 6.89. The van der Waals surface area contributed by atoms with Crippen LogP contribution in [0.3, 0.4) is 0 Å². The van der Waals surface area contributed by atoms with Gasteiger partial charge >= 0.3 is 6.03 Å². The number of imide groups is 1. The highest BCUT2D eigenvalue weighted by molar-refractivity contribution is 7.82. The minimum absolute atomic E-state index is 0.0463. The van der Waals surface area contributed by atoms with E-state index in [-0.39, 0.29) is 11.9 Å². The number of ether oxygens (including phenoxy) is 1. The van der Waals surface area contributed by atoms with Crippen LogP contribution in [0.15, 0.2) is 89.3 Å². The summed E-state index contributed by atoms with van der Waals surface area (Å²) in [5.74, 6) is -0.0280. The van der Waals surface area contributed by atoms with Gasteiger partial charge in [0.25, 0.3) is 5.91 Å². The summed E-state index contributed by atoms with van der Waals surface area (Å²) in [6.45, 7) is 1.94. The fraction of sp³-hybridized carbons (Fsp3) is 0.0833. The average Bonchev–Trinajstić information content (AvgIpc) is 3.24. The summed E-state index contributed by atoms with van der Waals surface area (Å²) in [7, 11) is 0. The Bertz CT molecular complexity index is 1190. The highest BCUT2D eigenvalue weighted by atomic mass is 32.1. The molecule has 0 saturated heterocycles. The summed E-state index contributed by atoms with van der Waals surface area (Å²) in [5.41, 5.74) is 2.06. The summed E-state index contributed by atoms with van der Waals surface area (Å²) in [5, 5.41) is 3.06. The lowest BCUT2D eigenvalue weighted by Crippen LogP contribution is -2.38. The van der Waals surface area contributed by atoms with E-state index >= 15 is 0 Å². The van der Waals surface area contributed by atoms with Crippen LogP contribution in [0.25, 0.3) is 11.0 Å². The quantitative estimate of drug-likeness (QED) is 0.393. The van der Waals surface area contributed by atoms with Crippen LogP contribution >= 0.6 is 12.8 Å². The van der Waals surface area contributed by atoms with Gasteiger partial charge in [0.2, 0.25) is 0 Å². The van der Waals surface area contributed by atoms with Crippen molar-refractivity contribution in [2.75, 3.05) is 4.31 Å². The van der Waals surface area contributed by atoms with E-state index in [2.05, 4.69) is 18.1 Å². The lowest BCUT2D eigenvalue weighted by atomic mass is 10.1. The number of carbonyl (C=O) groups is 2. The number of furan rings is 1. The molecule has 1 N–H and O–H groups in total. The van der Waals surface area contributed by atoms with Crippen molar-refractivity contribution in [2.24, 2.45) is 0 Å². The van der Waals surface area contributed by atoms with Crippen molar-refractivity contribution >= 4 is 41.4 Å².